The maximum absolute atomic E-state index is 13.8. The molecule has 3 aliphatic heterocycles. The second-order valence-electron chi connectivity index (χ2n) is 17.8. The van der Waals surface area contributed by atoms with Crippen LogP contribution in [0.1, 0.15) is 77.0 Å². The summed E-state index contributed by atoms with van der Waals surface area (Å²) < 4.78 is 16.6. The molecule has 0 amide bonds. The van der Waals surface area contributed by atoms with E-state index in [1.807, 2.05) is 32.9 Å². The summed E-state index contributed by atoms with van der Waals surface area (Å²) in [6.07, 6.45) is 3.56. The maximum atomic E-state index is 13.8. The quantitative estimate of drug-likeness (QED) is 0.0909. The first-order valence-electron chi connectivity index (χ1n) is 22.9. The van der Waals surface area contributed by atoms with Gasteiger partial charge in [0, 0.05) is 75.6 Å². The molecule has 0 spiro atoms. The van der Waals surface area contributed by atoms with E-state index in [1.165, 1.54) is 0 Å². The number of aliphatic carboxylic acids is 3. The number of nitrogens with zero attached hydrogens (tertiary/aromatic N) is 9. The summed E-state index contributed by atoms with van der Waals surface area (Å²) in [6, 6.07) is 11.3. The molecule has 3 aliphatic carbocycles. The van der Waals surface area contributed by atoms with Gasteiger partial charge in [-0.1, -0.05) is 0 Å². The van der Waals surface area contributed by atoms with Crippen LogP contribution in [-0.4, -0.2) is 125 Å². The fraction of sp³-hybridized carbons (Fsp3) is 0.510. The van der Waals surface area contributed by atoms with Gasteiger partial charge in [0.15, 0.2) is 0 Å². The summed E-state index contributed by atoms with van der Waals surface area (Å²) in [4.78, 5) is 83.9. The molecule has 3 N–H and O–H groups in total. The molecule has 3 unspecified atom stereocenters. The zero-order chi connectivity index (χ0) is 50.6. The van der Waals surface area contributed by atoms with Gasteiger partial charge in [0.05, 0.1) is 40.4 Å². The maximum Gasteiger partial charge on any atom is 0.349 e. The fourth-order valence-corrected chi connectivity index (χ4v) is 9.87. The number of hydrogen-bond acceptors (Lipinski definition) is 18. The van der Waals surface area contributed by atoms with Crippen molar-refractivity contribution >= 4 is 35.8 Å². The zero-order valence-electron chi connectivity index (χ0n) is 38.2. The predicted molar refractivity (Wildman–Crippen MR) is 236 cm³/mol. The second-order valence-corrected chi connectivity index (χ2v) is 17.8. The van der Waals surface area contributed by atoms with Crippen LogP contribution in [0.4, 0.5) is 0 Å². The number of hydrogen-bond donors (Lipinski definition) is 3. The molecular formula is C49H49N9O12. The Hall–Kier alpha value is -8.40. The highest BCUT2D eigenvalue weighted by molar-refractivity contribution is 5.97. The number of carboxylic acids is 3. The fourth-order valence-electron chi connectivity index (χ4n) is 9.87. The van der Waals surface area contributed by atoms with Crippen LogP contribution in [0.5, 0.6) is 0 Å². The molecule has 21 heteroatoms. The smallest absolute Gasteiger partial charge is 0.349 e. The van der Waals surface area contributed by atoms with Crippen LogP contribution in [0.2, 0.25) is 0 Å². The molecule has 0 saturated carbocycles. The van der Waals surface area contributed by atoms with E-state index in [0.29, 0.717) is 56.4 Å². The molecule has 3 fully saturated rings. The van der Waals surface area contributed by atoms with Gasteiger partial charge in [-0.05, 0) is 74.5 Å². The van der Waals surface area contributed by atoms with Crippen molar-refractivity contribution in [2.24, 2.45) is 23.7 Å². The highest BCUT2D eigenvalue weighted by atomic mass is 16.6. The molecule has 0 bridgehead atoms. The summed E-state index contributed by atoms with van der Waals surface area (Å²) in [7, 11) is 0. The van der Waals surface area contributed by atoms with Crippen LogP contribution < -0.4 is 0 Å². The lowest BCUT2D eigenvalue weighted by atomic mass is 9.81. The van der Waals surface area contributed by atoms with E-state index in [9.17, 15) is 75.7 Å². The van der Waals surface area contributed by atoms with E-state index >= 15 is 0 Å². The Kier molecular flexibility index (Phi) is 16.8. The van der Waals surface area contributed by atoms with Crippen molar-refractivity contribution < 1.29 is 58.3 Å². The molecule has 3 atom stereocenters. The number of ether oxygens (including phenoxy) is 3. The third-order valence-corrected chi connectivity index (χ3v) is 13.5. The SMILES string of the molecule is N#CC1=C(N2CCCC2)CC(C(=O)O)C/C1=C(/C#N)C(=O)OCC(COC(=O)/C(C#N)=C1\CC(C(=O)O)CC(N2CCCC2)=C1C#N)COC(=O)/C(C#N)=C1\CC(C(=O)O)CC(N2CCCC2)=C1C#N. The average molecular weight is 956 g/mol. The van der Waals surface area contributed by atoms with Crippen LogP contribution in [0, 0.1) is 91.7 Å². The molecule has 0 aromatic heterocycles. The lowest BCUT2D eigenvalue weighted by Crippen LogP contribution is -2.31. The van der Waals surface area contributed by atoms with Gasteiger partial charge < -0.3 is 44.2 Å². The third kappa shape index (κ3) is 11.1. The van der Waals surface area contributed by atoms with E-state index in [0.717, 1.165) is 38.5 Å². The van der Waals surface area contributed by atoms with E-state index in [1.54, 1.807) is 18.2 Å². The van der Waals surface area contributed by atoms with Crippen LogP contribution in [0.25, 0.3) is 0 Å². The number of likely N-dealkylation sites (tertiary alicyclic amines) is 3. The first-order chi connectivity index (χ1) is 33.7. The number of carboxylic acid groups (broad SMARTS) is 3. The molecule has 0 aromatic rings. The molecule has 6 aliphatic rings. The van der Waals surface area contributed by atoms with Gasteiger partial charge in [0.25, 0.3) is 0 Å². The van der Waals surface area contributed by atoms with Gasteiger partial charge in [-0.3, -0.25) is 14.4 Å². The molecule has 21 nitrogen and oxygen atoms in total. The van der Waals surface area contributed by atoms with Crippen molar-refractivity contribution in [3.8, 4) is 36.4 Å². The summed E-state index contributed by atoms with van der Waals surface area (Å²) >= 11 is 0. The molecule has 0 radical (unpaired) electrons. The number of esters is 3. The van der Waals surface area contributed by atoms with Crippen molar-refractivity contribution in [2.75, 3.05) is 59.1 Å². The Bertz CT molecular complexity index is 2400. The molecule has 70 heavy (non-hydrogen) atoms. The molecular weight excluding hydrogens is 907 g/mol. The number of nitriles is 6. The van der Waals surface area contributed by atoms with Gasteiger partial charge >= 0.3 is 35.8 Å². The van der Waals surface area contributed by atoms with E-state index < -0.39 is 96.0 Å². The van der Waals surface area contributed by atoms with E-state index in [4.69, 9.17) is 14.2 Å². The van der Waals surface area contributed by atoms with Gasteiger partial charge in [0.2, 0.25) is 0 Å². The minimum absolute atomic E-state index is 0.0135. The largest absolute Gasteiger partial charge is 0.481 e. The minimum atomic E-state index is -1.35. The predicted octanol–water partition coefficient (Wildman–Crippen LogP) is 3.80. The van der Waals surface area contributed by atoms with Crippen LogP contribution in [-0.2, 0) is 43.0 Å². The molecule has 6 rings (SSSR count). The van der Waals surface area contributed by atoms with E-state index in [2.05, 4.69) is 0 Å². The highest BCUT2D eigenvalue weighted by Crippen LogP contribution is 2.41. The topological polar surface area (TPSA) is 343 Å². The number of allylic oxidation sites excluding steroid dienone is 9. The van der Waals surface area contributed by atoms with Gasteiger partial charge in [0.1, 0.15) is 73.0 Å². The summed E-state index contributed by atoms with van der Waals surface area (Å²) in [6.45, 7) is 0.786. The molecule has 3 heterocycles. The standard InChI is InChI=1S/C49H49N9O12/c50-19-35-32(13-29(44(59)60)16-41(35)56-7-1-2-8-56)38(22-53)47(65)68-25-28(26-69-48(66)39(23-54)33-14-30(45(61)62)17-42(36(33)20-51)57-9-3-4-10-57)27-70-49(67)40(24-55)34-15-31(46(63)64)18-43(37(34)21-52)58-11-5-6-12-58/h28-31H,1-18,25-27H2,(H,59,60)(H,61,62)(H,63,64)/b38-32+,39-33+,40-34+. The van der Waals surface area contributed by atoms with Crippen LogP contribution in [0.15, 0.2) is 67.2 Å². The summed E-state index contributed by atoms with van der Waals surface area (Å²) in [5.74, 6) is -12.2. The summed E-state index contributed by atoms with van der Waals surface area (Å²) in [5, 5.41) is 91.8. The van der Waals surface area contributed by atoms with Crippen LogP contribution >= 0.6 is 0 Å². The highest BCUT2D eigenvalue weighted by Gasteiger charge is 2.40. The van der Waals surface area contributed by atoms with Crippen molar-refractivity contribution in [3.63, 3.8) is 0 Å². The summed E-state index contributed by atoms with van der Waals surface area (Å²) in [5.41, 5.74) is -1.48. The van der Waals surface area contributed by atoms with Gasteiger partial charge in [-0.25, -0.2) is 14.4 Å². The normalized spacial score (nSPS) is 23.9. The third-order valence-electron chi connectivity index (χ3n) is 13.5. The second kappa shape index (κ2) is 23.1. The molecule has 0 aromatic carbocycles. The Balaban J connectivity index is 1.33. The Morgan fingerprint density at radius 1 is 0.443 bits per heavy atom. The first kappa shape index (κ1) is 51.0. The van der Waals surface area contributed by atoms with Crippen molar-refractivity contribution in [2.45, 2.75) is 77.0 Å². The molecule has 362 valence electrons. The van der Waals surface area contributed by atoms with Gasteiger partial charge in [-0.15, -0.1) is 0 Å². The zero-order valence-corrected chi connectivity index (χ0v) is 38.2. The minimum Gasteiger partial charge on any atom is -0.481 e. The number of carbonyl (C=O) groups excluding carboxylic acids is 3. The number of rotatable bonds is 15. The Morgan fingerprint density at radius 2 is 0.686 bits per heavy atom. The average Bonchev–Trinajstić information content (AvgIpc) is 4.20. The Labute approximate surface area is 402 Å². The lowest BCUT2D eigenvalue weighted by Gasteiger charge is -2.31. The first-order valence-corrected chi connectivity index (χ1v) is 22.9. The van der Waals surface area contributed by atoms with Crippen molar-refractivity contribution in [1.29, 1.82) is 31.6 Å². The number of carbonyl (C=O) groups is 6. The molecule has 3 saturated heterocycles. The van der Waals surface area contributed by atoms with E-state index in [-0.39, 0.29) is 72.0 Å². The lowest BCUT2D eigenvalue weighted by molar-refractivity contribution is -0.149. The van der Waals surface area contributed by atoms with Crippen LogP contribution in [0.3, 0.4) is 0 Å². The van der Waals surface area contributed by atoms with Crippen molar-refractivity contribution in [3.05, 3.63) is 67.2 Å². The van der Waals surface area contributed by atoms with Crippen molar-refractivity contribution in [1.82, 2.24) is 14.7 Å². The Morgan fingerprint density at radius 3 is 0.886 bits per heavy atom. The monoisotopic (exact) mass is 955 g/mol. The van der Waals surface area contributed by atoms with Gasteiger partial charge in [-0.2, -0.15) is 31.6 Å².